The topological polar surface area (TPSA) is 74.0 Å². The Bertz CT molecular complexity index is 964. The van der Waals surface area contributed by atoms with E-state index >= 15 is 0 Å². The maximum absolute atomic E-state index is 5.67. The average molecular weight is 304 g/mol. The summed E-state index contributed by atoms with van der Waals surface area (Å²) in [6.45, 7) is 0.532. The number of rotatable bonds is 3. The van der Waals surface area contributed by atoms with Crippen molar-refractivity contribution in [2.24, 2.45) is 12.8 Å². The van der Waals surface area contributed by atoms with E-state index in [4.69, 9.17) is 10.7 Å². The Balaban J connectivity index is 1.91. The number of nitrogens with zero attached hydrogens (tertiary/aromatic N) is 5. The SMILES string of the molecule is Cn1cc(-c2cc3nccn3c(-c3ccc(CN)cc3)n2)cn1. The lowest BCUT2D eigenvalue weighted by Gasteiger charge is -2.08. The molecular weight excluding hydrogens is 288 g/mol. The Morgan fingerprint density at radius 2 is 1.96 bits per heavy atom. The van der Waals surface area contributed by atoms with Gasteiger partial charge >= 0.3 is 0 Å². The maximum Gasteiger partial charge on any atom is 0.146 e. The van der Waals surface area contributed by atoms with Crippen molar-refractivity contribution >= 4 is 5.65 Å². The van der Waals surface area contributed by atoms with Crippen LogP contribution in [0.5, 0.6) is 0 Å². The first-order valence-corrected chi connectivity index (χ1v) is 7.37. The molecule has 0 saturated carbocycles. The van der Waals surface area contributed by atoms with Crippen LogP contribution in [0.3, 0.4) is 0 Å². The first-order valence-electron chi connectivity index (χ1n) is 7.37. The molecule has 6 nitrogen and oxygen atoms in total. The summed E-state index contributed by atoms with van der Waals surface area (Å²) < 4.78 is 3.75. The Morgan fingerprint density at radius 3 is 2.65 bits per heavy atom. The molecule has 0 radical (unpaired) electrons. The predicted molar refractivity (Wildman–Crippen MR) is 88.5 cm³/mol. The third-order valence-electron chi connectivity index (χ3n) is 3.84. The molecule has 114 valence electrons. The van der Waals surface area contributed by atoms with E-state index in [-0.39, 0.29) is 0 Å². The van der Waals surface area contributed by atoms with Crippen LogP contribution in [0.1, 0.15) is 5.56 Å². The summed E-state index contributed by atoms with van der Waals surface area (Å²) in [4.78, 5) is 9.23. The zero-order chi connectivity index (χ0) is 15.8. The van der Waals surface area contributed by atoms with Gasteiger partial charge < -0.3 is 5.73 Å². The zero-order valence-corrected chi connectivity index (χ0v) is 12.7. The van der Waals surface area contributed by atoms with Crippen LogP contribution in [-0.2, 0) is 13.6 Å². The highest BCUT2D eigenvalue weighted by Crippen LogP contribution is 2.24. The quantitative estimate of drug-likeness (QED) is 0.630. The number of imidazole rings is 1. The molecule has 0 aliphatic rings. The van der Waals surface area contributed by atoms with Crippen LogP contribution in [0.2, 0.25) is 0 Å². The first kappa shape index (κ1) is 13.7. The second-order valence-electron chi connectivity index (χ2n) is 5.42. The second-order valence-corrected chi connectivity index (χ2v) is 5.42. The van der Waals surface area contributed by atoms with Crippen molar-refractivity contribution in [2.75, 3.05) is 0 Å². The van der Waals surface area contributed by atoms with Crippen LogP contribution in [0.4, 0.5) is 0 Å². The molecule has 0 amide bonds. The fourth-order valence-corrected chi connectivity index (χ4v) is 2.62. The first-order chi connectivity index (χ1) is 11.2. The Labute approximate surface area is 133 Å². The lowest BCUT2D eigenvalue weighted by atomic mass is 10.1. The summed E-state index contributed by atoms with van der Waals surface area (Å²) in [7, 11) is 1.89. The number of aryl methyl sites for hydroxylation is 1. The van der Waals surface area contributed by atoms with Crippen molar-refractivity contribution in [3.8, 4) is 22.6 Å². The molecule has 0 atom stereocenters. The smallest absolute Gasteiger partial charge is 0.146 e. The fraction of sp³-hybridized carbons (Fsp3) is 0.118. The molecule has 0 aliphatic heterocycles. The third kappa shape index (κ3) is 2.39. The number of hydrogen-bond acceptors (Lipinski definition) is 4. The molecule has 0 saturated heterocycles. The van der Waals surface area contributed by atoms with Gasteiger partial charge in [-0.15, -0.1) is 0 Å². The van der Waals surface area contributed by atoms with Crippen molar-refractivity contribution in [3.63, 3.8) is 0 Å². The highest BCUT2D eigenvalue weighted by molar-refractivity contribution is 5.68. The molecule has 23 heavy (non-hydrogen) atoms. The van der Waals surface area contributed by atoms with Gasteiger partial charge in [-0.05, 0) is 5.56 Å². The van der Waals surface area contributed by atoms with Gasteiger partial charge in [-0.25, -0.2) is 9.97 Å². The van der Waals surface area contributed by atoms with Gasteiger partial charge in [-0.3, -0.25) is 9.08 Å². The summed E-state index contributed by atoms with van der Waals surface area (Å²) >= 11 is 0. The minimum absolute atomic E-state index is 0.532. The normalized spacial score (nSPS) is 11.2. The Kier molecular flexibility index (Phi) is 3.17. The number of aromatic nitrogens is 5. The number of hydrogen-bond donors (Lipinski definition) is 1. The van der Waals surface area contributed by atoms with Gasteiger partial charge in [0.2, 0.25) is 0 Å². The molecule has 0 unspecified atom stereocenters. The van der Waals surface area contributed by atoms with Crippen molar-refractivity contribution in [1.29, 1.82) is 0 Å². The van der Waals surface area contributed by atoms with Crippen LogP contribution >= 0.6 is 0 Å². The average Bonchev–Trinajstić information content (AvgIpc) is 3.22. The van der Waals surface area contributed by atoms with E-state index in [1.165, 1.54) is 0 Å². The molecule has 3 aromatic heterocycles. The lowest BCUT2D eigenvalue weighted by molar-refractivity contribution is 0.768. The predicted octanol–water partition coefficient (Wildman–Crippen LogP) is 2.26. The zero-order valence-electron chi connectivity index (χ0n) is 12.7. The van der Waals surface area contributed by atoms with E-state index in [0.717, 1.165) is 33.9 Å². The number of benzene rings is 1. The largest absolute Gasteiger partial charge is 0.326 e. The van der Waals surface area contributed by atoms with Gasteiger partial charge in [-0.2, -0.15) is 5.10 Å². The summed E-state index contributed by atoms with van der Waals surface area (Å²) in [5, 5.41) is 4.22. The third-order valence-corrected chi connectivity index (χ3v) is 3.84. The molecule has 3 heterocycles. The number of nitrogens with two attached hydrogens (primary N) is 1. The van der Waals surface area contributed by atoms with Gasteiger partial charge in [0, 0.05) is 49.4 Å². The van der Waals surface area contributed by atoms with Crippen molar-refractivity contribution in [3.05, 3.63) is 60.7 Å². The molecule has 1 aromatic carbocycles. The molecule has 2 N–H and O–H groups in total. The van der Waals surface area contributed by atoms with Gasteiger partial charge in [0.25, 0.3) is 0 Å². The van der Waals surface area contributed by atoms with Crippen LogP contribution < -0.4 is 5.73 Å². The van der Waals surface area contributed by atoms with Crippen LogP contribution in [0.15, 0.2) is 55.1 Å². The summed E-state index contributed by atoms with van der Waals surface area (Å²) in [5.41, 5.74) is 10.5. The minimum Gasteiger partial charge on any atom is -0.326 e. The molecule has 6 heteroatoms. The van der Waals surface area contributed by atoms with E-state index < -0.39 is 0 Å². The highest BCUT2D eigenvalue weighted by Gasteiger charge is 2.11. The summed E-state index contributed by atoms with van der Waals surface area (Å²) in [6, 6.07) is 10.1. The highest BCUT2D eigenvalue weighted by atomic mass is 15.2. The standard InChI is InChI=1S/C17H16N6/c1-22-11-14(10-20-22)15-8-16-19-6-7-23(16)17(21-15)13-4-2-12(9-18)3-5-13/h2-8,10-11H,9,18H2,1H3. The molecule has 4 rings (SSSR count). The fourth-order valence-electron chi connectivity index (χ4n) is 2.62. The second kappa shape index (κ2) is 5.33. The van der Waals surface area contributed by atoms with Crippen molar-refractivity contribution in [1.82, 2.24) is 24.1 Å². The van der Waals surface area contributed by atoms with E-state index in [0.29, 0.717) is 6.54 Å². The van der Waals surface area contributed by atoms with Crippen molar-refractivity contribution < 1.29 is 0 Å². The van der Waals surface area contributed by atoms with Gasteiger partial charge in [-0.1, -0.05) is 24.3 Å². The van der Waals surface area contributed by atoms with E-state index in [1.54, 1.807) is 10.9 Å². The van der Waals surface area contributed by atoms with E-state index in [9.17, 15) is 0 Å². The molecule has 0 aliphatic carbocycles. The number of fused-ring (bicyclic) bond motifs is 1. The van der Waals surface area contributed by atoms with Gasteiger partial charge in [0.15, 0.2) is 0 Å². The Hall–Kier alpha value is -2.99. The maximum atomic E-state index is 5.67. The monoisotopic (exact) mass is 304 g/mol. The van der Waals surface area contributed by atoms with Crippen molar-refractivity contribution in [2.45, 2.75) is 6.54 Å². The van der Waals surface area contributed by atoms with E-state index in [1.807, 2.05) is 60.4 Å². The van der Waals surface area contributed by atoms with Crippen LogP contribution in [0.25, 0.3) is 28.3 Å². The van der Waals surface area contributed by atoms with Crippen LogP contribution in [0, 0.1) is 0 Å². The molecule has 4 aromatic rings. The molecule has 0 fully saturated rings. The van der Waals surface area contributed by atoms with Gasteiger partial charge in [0.05, 0.1) is 11.9 Å². The summed E-state index contributed by atoms with van der Waals surface area (Å²) in [6.07, 6.45) is 7.45. The lowest BCUT2D eigenvalue weighted by Crippen LogP contribution is -1.99. The minimum atomic E-state index is 0.532. The van der Waals surface area contributed by atoms with Gasteiger partial charge in [0.1, 0.15) is 11.5 Å². The molecular formula is C17H16N6. The Morgan fingerprint density at radius 1 is 1.13 bits per heavy atom. The molecule has 0 bridgehead atoms. The summed E-state index contributed by atoms with van der Waals surface area (Å²) in [5.74, 6) is 0.849. The van der Waals surface area contributed by atoms with E-state index in [2.05, 4.69) is 10.1 Å². The molecule has 0 spiro atoms. The van der Waals surface area contributed by atoms with Crippen LogP contribution in [-0.4, -0.2) is 24.1 Å².